The van der Waals surface area contributed by atoms with Crippen molar-refractivity contribution < 1.29 is 0 Å². The van der Waals surface area contributed by atoms with Crippen molar-refractivity contribution >= 4 is 0 Å². The van der Waals surface area contributed by atoms with Crippen LogP contribution in [0.25, 0.3) is 0 Å². The topological polar surface area (TPSA) is 39.1 Å². The van der Waals surface area contributed by atoms with E-state index in [1.54, 1.807) is 0 Å². The predicted molar refractivity (Wildman–Crippen MR) is 67.2 cm³/mol. The smallest absolute Gasteiger partial charge is 0.108 e. The zero-order chi connectivity index (χ0) is 12.2. The normalized spacial score (nSPS) is 29.9. The van der Waals surface area contributed by atoms with E-state index in [2.05, 4.69) is 44.1 Å². The molecule has 1 rings (SSSR count). The van der Waals surface area contributed by atoms with Crippen LogP contribution in [-0.4, -0.2) is 36.1 Å². The number of nitrogens with one attached hydrogen (secondary N) is 1. The summed E-state index contributed by atoms with van der Waals surface area (Å²) < 4.78 is 0. The maximum Gasteiger partial charge on any atom is 0.108 e. The molecule has 0 aromatic heterocycles. The van der Waals surface area contributed by atoms with Crippen LogP contribution in [0.2, 0.25) is 0 Å². The highest BCUT2D eigenvalue weighted by atomic mass is 15.2. The van der Waals surface area contributed by atoms with Gasteiger partial charge in [0, 0.05) is 12.1 Å². The number of nitriles is 1. The number of hydrogen-bond donors (Lipinski definition) is 1. The summed E-state index contributed by atoms with van der Waals surface area (Å²) in [5.41, 5.74) is -0.260. The van der Waals surface area contributed by atoms with Crippen LogP contribution in [0.5, 0.6) is 0 Å². The molecule has 0 spiro atoms. The quantitative estimate of drug-likeness (QED) is 0.776. The van der Waals surface area contributed by atoms with E-state index < -0.39 is 0 Å². The maximum atomic E-state index is 9.35. The fraction of sp³-hybridized carbons (Fsp3) is 0.923. The molecule has 0 heterocycles. The van der Waals surface area contributed by atoms with E-state index in [0.29, 0.717) is 12.1 Å². The molecule has 1 N–H and O–H groups in total. The van der Waals surface area contributed by atoms with Crippen molar-refractivity contribution in [2.24, 2.45) is 0 Å². The molecule has 92 valence electrons. The molecule has 0 aromatic rings. The minimum atomic E-state index is -0.260. The Bertz CT molecular complexity index is 256. The van der Waals surface area contributed by atoms with E-state index in [1.165, 1.54) is 0 Å². The SMILES string of the molecule is CCCNC1(C#N)CCC(N(C)C(C)C)C1. The second-order valence-electron chi connectivity index (χ2n) is 5.28. The van der Waals surface area contributed by atoms with Crippen LogP contribution in [-0.2, 0) is 0 Å². The minimum Gasteiger partial charge on any atom is -0.301 e. The van der Waals surface area contributed by atoms with E-state index in [4.69, 9.17) is 0 Å². The van der Waals surface area contributed by atoms with Gasteiger partial charge in [0.15, 0.2) is 0 Å². The molecule has 0 amide bonds. The predicted octanol–water partition coefficient (Wildman–Crippen LogP) is 2.14. The van der Waals surface area contributed by atoms with Crippen molar-refractivity contribution in [3.8, 4) is 6.07 Å². The van der Waals surface area contributed by atoms with Crippen molar-refractivity contribution in [2.45, 2.75) is 64.1 Å². The molecule has 1 aliphatic carbocycles. The maximum absolute atomic E-state index is 9.35. The van der Waals surface area contributed by atoms with Gasteiger partial charge in [-0.15, -0.1) is 0 Å². The van der Waals surface area contributed by atoms with E-state index >= 15 is 0 Å². The van der Waals surface area contributed by atoms with Gasteiger partial charge in [-0.1, -0.05) is 6.92 Å². The summed E-state index contributed by atoms with van der Waals surface area (Å²) in [6.45, 7) is 7.52. The van der Waals surface area contributed by atoms with E-state index in [1.807, 2.05) is 0 Å². The van der Waals surface area contributed by atoms with Gasteiger partial charge < -0.3 is 4.90 Å². The first kappa shape index (κ1) is 13.5. The van der Waals surface area contributed by atoms with Gasteiger partial charge in [0.1, 0.15) is 5.54 Å². The molecule has 2 atom stereocenters. The van der Waals surface area contributed by atoms with Crippen molar-refractivity contribution in [3.63, 3.8) is 0 Å². The summed E-state index contributed by atoms with van der Waals surface area (Å²) in [6, 6.07) is 3.62. The highest BCUT2D eigenvalue weighted by Gasteiger charge is 2.40. The number of rotatable bonds is 5. The largest absolute Gasteiger partial charge is 0.301 e. The first-order valence-electron chi connectivity index (χ1n) is 6.43. The molecule has 0 aliphatic heterocycles. The third-order valence-electron chi connectivity index (χ3n) is 3.81. The number of nitrogens with zero attached hydrogens (tertiary/aromatic N) is 2. The molecule has 1 saturated carbocycles. The lowest BCUT2D eigenvalue weighted by Gasteiger charge is -2.29. The van der Waals surface area contributed by atoms with E-state index in [0.717, 1.165) is 32.2 Å². The summed E-state index contributed by atoms with van der Waals surface area (Å²) >= 11 is 0. The Morgan fingerprint density at radius 1 is 1.56 bits per heavy atom. The lowest BCUT2D eigenvalue weighted by Crippen LogP contribution is -2.44. The van der Waals surface area contributed by atoms with E-state index in [9.17, 15) is 5.26 Å². The van der Waals surface area contributed by atoms with Crippen LogP contribution in [0.1, 0.15) is 46.5 Å². The van der Waals surface area contributed by atoms with Gasteiger partial charge in [-0.05, 0) is 53.1 Å². The average molecular weight is 223 g/mol. The van der Waals surface area contributed by atoms with Crippen molar-refractivity contribution in [1.82, 2.24) is 10.2 Å². The monoisotopic (exact) mass is 223 g/mol. The molecule has 0 aromatic carbocycles. The molecule has 3 heteroatoms. The van der Waals surface area contributed by atoms with E-state index in [-0.39, 0.29) is 5.54 Å². The van der Waals surface area contributed by atoms with Crippen molar-refractivity contribution in [1.29, 1.82) is 5.26 Å². The Hall–Kier alpha value is -0.590. The number of hydrogen-bond acceptors (Lipinski definition) is 3. The summed E-state index contributed by atoms with van der Waals surface area (Å²) in [6.07, 6.45) is 4.19. The van der Waals surface area contributed by atoms with Crippen LogP contribution < -0.4 is 5.32 Å². The molecule has 0 radical (unpaired) electrons. The second kappa shape index (κ2) is 5.65. The summed E-state index contributed by atoms with van der Waals surface area (Å²) in [7, 11) is 2.17. The highest BCUT2D eigenvalue weighted by Crippen LogP contribution is 2.32. The third kappa shape index (κ3) is 2.96. The molecular formula is C13H25N3. The molecule has 2 unspecified atom stereocenters. The van der Waals surface area contributed by atoms with Gasteiger partial charge in [-0.25, -0.2) is 0 Å². The Morgan fingerprint density at radius 2 is 2.25 bits per heavy atom. The highest BCUT2D eigenvalue weighted by molar-refractivity contribution is 5.13. The molecule has 1 aliphatic rings. The van der Waals surface area contributed by atoms with Gasteiger partial charge in [0.25, 0.3) is 0 Å². The van der Waals surface area contributed by atoms with Gasteiger partial charge >= 0.3 is 0 Å². The standard InChI is InChI=1S/C13H25N3/c1-5-8-15-13(10-14)7-6-12(9-13)16(4)11(2)3/h11-12,15H,5-9H2,1-4H3. The zero-order valence-electron chi connectivity index (χ0n) is 11.1. The molecule has 16 heavy (non-hydrogen) atoms. The van der Waals surface area contributed by atoms with Crippen LogP contribution >= 0.6 is 0 Å². The first-order valence-corrected chi connectivity index (χ1v) is 6.43. The molecule has 0 bridgehead atoms. The Morgan fingerprint density at radius 3 is 2.75 bits per heavy atom. The zero-order valence-corrected chi connectivity index (χ0v) is 11.1. The van der Waals surface area contributed by atoms with Gasteiger partial charge in [0.05, 0.1) is 6.07 Å². The molecular weight excluding hydrogens is 198 g/mol. The van der Waals surface area contributed by atoms with Crippen molar-refractivity contribution in [2.75, 3.05) is 13.6 Å². The minimum absolute atomic E-state index is 0.260. The lowest BCUT2D eigenvalue weighted by molar-refractivity contribution is 0.191. The third-order valence-corrected chi connectivity index (χ3v) is 3.81. The fourth-order valence-electron chi connectivity index (χ4n) is 2.45. The summed E-state index contributed by atoms with van der Waals surface area (Å²) in [4.78, 5) is 2.40. The summed E-state index contributed by atoms with van der Waals surface area (Å²) in [5, 5.41) is 12.8. The molecule has 1 fully saturated rings. The van der Waals surface area contributed by atoms with Crippen LogP contribution in [0.15, 0.2) is 0 Å². The fourth-order valence-corrected chi connectivity index (χ4v) is 2.45. The van der Waals surface area contributed by atoms with Crippen LogP contribution in [0.3, 0.4) is 0 Å². The Kier molecular flexibility index (Phi) is 4.76. The van der Waals surface area contributed by atoms with Gasteiger partial charge in [-0.3, -0.25) is 5.32 Å². The second-order valence-corrected chi connectivity index (χ2v) is 5.28. The molecule has 3 nitrogen and oxygen atoms in total. The van der Waals surface area contributed by atoms with Crippen LogP contribution in [0.4, 0.5) is 0 Å². The Balaban J connectivity index is 2.58. The Labute approximate surface area is 99.8 Å². The van der Waals surface area contributed by atoms with Gasteiger partial charge in [-0.2, -0.15) is 5.26 Å². The van der Waals surface area contributed by atoms with Gasteiger partial charge in [0.2, 0.25) is 0 Å². The van der Waals surface area contributed by atoms with Crippen LogP contribution in [0, 0.1) is 11.3 Å². The lowest BCUT2D eigenvalue weighted by atomic mass is 9.99. The average Bonchev–Trinajstić information content (AvgIpc) is 2.70. The molecule has 0 saturated heterocycles. The first-order chi connectivity index (χ1) is 7.54. The summed E-state index contributed by atoms with van der Waals surface area (Å²) in [5.74, 6) is 0. The van der Waals surface area contributed by atoms with Crippen molar-refractivity contribution in [3.05, 3.63) is 0 Å².